The van der Waals surface area contributed by atoms with Crippen molar-refractivity contribution in [1.82, 2.24) is 15.6 Å². The van der Waals surface area contributed by atoms with Crippen LogP contribution >= 0.6 is 0 Å². The highest BCUT2D eigenvalue weighted by Crippen LogP contribution is 2.22. The molecule has 2 heterocycles. The number of ether oxygens (including phenoxy) is 1. The Hall–Kier alpha value is -2.84. The van der Waals surface area contributed by atoms with Crippen LogP contribution in [0.4, 0.5) is 4.39 Å². The van der Waals surface area contributed by atoms with Gasteiger partial charge in [-0.1, -0.05) is 18.2 Å². The molecule has 3 N–H and O–H groups in total. The van der Waals surface area contributed by atoms with Gasteiger partial charge in [-0.15, -0.1) is 0 Å². The average Bonchev–Trinajstić information content (AvgIpc) is 2.74. The Bertz CT molecular complexity index is 834. The second kappa shape index (κ2) is 10.1. The zero-order valence-electron chi connectivity index (χ0n) is 15.9. The molecule has 2 aromatic rings. The Morgan fingerprint density at radius 2 is 2.07 bits per heavy atom. The number of aliphatic hydroxyl groups excluding tert-OH is 1. The molecule has 0 bridgehead atoms. The standard InChI is InChI=1S/C21H24FN3O4/c22-15-5-3-4-14(10-15)12-24-20(27)11-16-7-8-17(19(13-26)29-16)25-21(28)18-6-1-2-9-23-18/h1-6,9-10,16-17,19,26H,7-8,11-13H2,(H,24,27)(H,25,28)/t16-,17-,19-/m0/s1. The van der Waals surface area contributed by atoms with Crippen LogP contribution in [0.5, 0.6) is 0 Å². The van der Waals surface area contributed by atoms with Crippen LogP contribution < -0.4 is 10.6 Å². The van der Waals surface area contributed by atoms with E-state index in [-0.39, 0.29) is 49.3 Å². The first-order valence-corrected chi connectivity index (χ1v) is 9.54. The number of benzene rings is 1. The number of rotatable bonds is 7. The van der Waals surface area contributed by atoms with E-state index in [1.165, 1.54) is 18.3 Å². The predicted octanol–water partition coefficient (Wildman–Crippen LogP) is 1.57. The molecule has 29 heavy (non-hydrogen) atoms. The van der Waals surface area contributed by atoms with Crippen molar-refractivity contribution in [2.75, 3.05) is 6.61 Å². The number of pyridine rings is 1. The van der Waals surface area contributed by atoms with Crippen LogP contribution in [-0.2, 0) is 16.1 Å². The molecule has 0 spiro atoms. The van der Waals surface area contributed by atoms with Crippen molar-refractivity contribution in [2.24, 2.45) is 0 Å². The summed E-state index contributed by atoms with van der Waals surface area (Å²) in [5.41, 5.74) is 0.969. The van der Waals surface area contributed by atoms with Crippen LogP contribution in [0.15, 0.2) is 48.7 Å². The van der Waals surface area contributed by atoms with Crippen molar-refractivity contribution in [3.05, 3.63) is 65.7 Å². The van der Waals surface area contributed by atoms with E-state index in [4.69, 9.17) is 4.74 Å². The van der Waals surface area contributed by atoms with Crippen molar-refractivity contribution < 1.29 is 23.8 Å². The van der Waals surface area contributed by atoms with Crippen LogP contribution in [-0.4, -0.2) is 46.8 Å². The van der Waals surface area contributed by atoms with Gasteiger partial charge in [0.2, 0.25) is 5.91 Å². The van der Waals surface area contributed by atoms with E-state index in [9.17, 15) is 19.1 Å². The Kier molecular flexibility index (Phi) is 7.26. The third-order valence-electron chi connectivity index (χ3n) is 4.80. The molecular weight excluding hydrogens is 377 g/mol. The molecule has 0 unspecified atom stereocenters. The molecule has 1 aliphatic heterocycles. The molecule has 7 nitrogen and oxygen atoms in total. The first-order valence-electron chi connectivity index (χ1n) is 9.54. The average molecular weight is 401 g/mol. The number of hydrogen-bond donors (Lipinski definition) is 3. The molecular formula is C21H24FN3O4. The Morgan fingerprint density at radius 3 is 2.79 bits per heavy atom. The number of nitrogens with zero attached hydrogens (tertiary/aromatic N) is 1. The lowest BCUT2D eigenvalue weighted by Crippen LogP contribution is -2.51. The van der Waals surface area contributed by atoms with Crippen molar-refractivity contribution >= 4 is 11.8 Å². The lowest BCUT2D eigenvalue weighted by molar-refractivity contribution is -0.131. The summed E-state index contributed by atoms with van der Waals surface area (Å²) in [7, 11) is 0. The topological polar surface area (TPSA) is 101 Å². The number of carbonyl (C=O) groups is 2. The van der Waals surface area contributed by atoms with Gasteiger partial charge in [0.15, 0.2) is 0 Å². The fourth-order valence-corrected chi connectivity index (χ4v) is 3.31. The maximum atomic E-state index is 13.2. The van der Waals surface area contributed by atoms with Crippen LogP contribution in [0.3, 0.4) is 0 Å². The number of nitrogens with one attached hydrogen (secondary N) is 2. The molecule has 3 atom stereocenters. The molecule has 1 aromatic heterocycles. The zero-order chi connectivity index (χ0) is 20.6. The molecule has 0 aliphatic carbocycles. The summed E-state index contributed by atoms with van der Waals surface area (Å²) in [6.45, 7) is -0.0376. The number of carbonyl (C=O) groups excluding carboxylic acids is 2. The molecule has 0 saturated carbocycles. The van der Waals surface area contributed by atoms with Crippen LogP contribution in [0.25, 0.3) is 0 Å². The maximum Gasteiger partial charge on any atom is 0.270 e. The molecule has 154 valence electrons. The van der Waals surface area contributed by atoms with E-state index >= 15 is 0 Å². The van der Waals surface area contributed by atoms with Crippen molar-refractivity contribution in [2.45, 2.75) is 44.1 Å². The van der Waals surface area contributed by atoms with Gasteiger partial charge in [-0.2, -0.15) is 0 Å². The summed E-state index contributed by atoms with van der Waals surface area (Å²) < 4.78 is 19.0. The fraction of sp³-hybridized carbons (Fsp3) is 0.381. The summed E-state index contributed by atoms with van der Waals surface area (Å²) in [5.74, 6) is -0.896. The summed E-state index contributed by atoms with van der Waals surface area (Å²) in [4.78, 5) is 28.5. The van der Waals surface area contributed by atoms with Gasteiger partial charge < -0.3 is 20.5 Å². The molecule has 0 radical (unpaired) electrons. The van der Waals surface area contributed by atoms with Gasteiger partial charge in [-0.25, -0.2) is 4.39 Å². The Morgan fingerprint density at radius 1 is 1.21 bits per heavy atom. The van der Waals surface area contributed by atoms with Crippen molar-refractivity contribution in [3.63, 3.8) is 0 Å². The highest BCUT2D eigenvalue weighted by molar-refractivity contribution is 5.92. The van der Waals surface area contributed by atoms with E-state index in [1.807, 2.05) is 0 Å². The van der Waals surface area contributed by atoms with E-state index in [1.54, 1.807) is 30.3 Å². The highest BCUT2D eigenvalue weighted by Gasteiger charge is 2.33. The van der Waals surface area contributed by atoms with E-state index in [0.717, 1.165) is 0 Å². The molecule has 1 saturated heterocycles. The van der Waals surface area contributed by atoms with Gasteiger partial charge in [0.25, 0.3) is 5.91 Å². The van der Waals surface area contributed by atoms with E-state index in [2.05, 4.69) is 15.6 Å². The second-order valence-electron chi connectivity index (χ2n) is 6.96. The summed E-state index contributed by atoms with van der Waals surface area (Å²) in [6.07, 6.45) is 1.85. The van der Waals surface area contributed by atoms with Gasteiger partial charge in [-0.05, 0) is 42.7 Å². The number of aliphatic hydroxyl groups is 1. The predicted molar refractivity (Wildman–Crippen MR) is 103 cm³/mol. The van der Waals surface area contributed by atoms with Crippen molar-refractivity contribution in [3.8, 4) is 0 Å². The van der Waals surface area contributed by atoms with Gasteiger partial charge in [0.05, 0.1) is 25.2 Å². The molecule has 3 rings (SSSR count). The summed E-state index contributed by atoms with van der Waals surface area (Å²) in [6, 6.07) is 10.7. The van der Waals surface area contributed by atoms with Gasteiger partial charge in [0, 0.05) is 12.7 Å². The molecule has 2 amide bonds. The monoisotopic (exact) mass is 401 g/mol. The molecule has 1 aromatic carbocycles. The van der Waals surface area contributed by atoms with Crippen molar-refractivity contribution in [1.29, 1.82) is 0 Å². The molecule has 1 fully saturated rings. The largest absolute Gasteiger partial charge is 0.394 e. The maximum absolute atomic E-state index is 13.2. The van der Waals surface area contributed by atoms with Crippen LogP contribution in [0.2, 0.25) is 0 Å². The van der Waals surface area contributed by atoms with Gasteiger partial charge >= 0.3 is 0 Å². The molecule has 8 heteroatoms. The number of hydrogen-bond acceptors (Lipinski definition) is 5. The lowest BCUT2D eigenvalue weighted by Gasteiger charge is -2.35. The minimum atomic E-state index is -0.600. The second-order valence-corrected chi connectivity index (χ2v) is 6.96. The van der Waals surface area contributed by atoms with Crippen LogP contribution in [0, 0.1) is 5.82 Å². The third-order valence-corrected chi connectivity index (χ3v) is 4.80. The third kappa shape index (κ3) is 6.07. The first-order chi connectivity index (χ1) is 14.0. The van der Waals surface area contributed by atoms with E-state index < -0.39 is 6.10 Å². The first kappa shape index (κ1) is 20.9. The number of amides is 2. The minimum absolute atomic E-state index is 0.132. The zero-order valence-corrected chi connectivity index (χ0v) is 15.9. The summed E-state index contributed by atoms with van der Waals surface area (Å²) >= 11 is 0. The van der Waals surface area contributed by atoms with Gasteiger partial charge in [-0.3, -0.25) is 14.6 Å². The van der Waals surface area contributed by atoms with E-state index in [0.29, 0.717) is 24.1 Å². The normalized spacial score (nSPS) is 21.4. The van der Waals surface area contributed by atoms with Gasteiger partial charge in [0.1, 0.15) is 17.6 Å². The Labute approximate surface area is 168 Å². The Balaban J connectivity index is 1.47. The number of halogens is 1. The summed E-state index contributed by atoms with van der Waals surface area (Å²) in [5, 5.41) is 15.2. The number of aromatic nitrogens is 1. The smallest absolute Gasteiger partial charge is 0.270 e. The lowest BCUT2D eigenvalue weighted by atomic mass is 9.96. The minimum Gasteiger partial charge on any atom is -0.394 e. The fourth-order valence-electron chi connectivity index (χ4n) is 3.31. The molecule has 1 aliphatic rings. The quantitative estimate of drug-likeness (QED) is 0.654. The highest BCUT2D eigenvalue weighted by atomic mass is 19.1. The SMILES string of the molecule is O=C(C[C@@H]1CC[C@H](NC(=O)c2ccccn2)[C@H](CO)O1)NCc1cccc(F)c1. The van der Waals surface area contributed by atoms with Crippen LogP contribution in [0.1, 0.15) is 35.3 Å².